The van der Waals surface area contributed by atoms with Crippen LogP contribution in [0.25, 0.3) is 11.1 Å². The van der Waals surface area contributed by atoms with Gasteiger partial charge in [-0.1, -0.05) is 48.5 Å². The predicted octanol–water partition coefficient (Wildman–Crippen LogP) is 2.08. The maximum absolute atomic E-state index is 5.82. The van der Waals surface area contributed by atoms with Crippen molar-refractivity contribution in [2.24, 2.45) is 16.7 Å². The molecule has 0 aliphatic heterocycles. The first kappa shape index (κ1) is 13.1. The summed E-state index contributed by atoms with van der Waals surface area (Å²) >= 11 is 0. The van der Waals surface area contributed by atoms with Crippen molar-refractivity contribution in [3.8, 4) is 11.1 Å². The van der Waals surface area contributed by atoms with Crippen LogP contribution in [0.4, 0.5) is 0 Å². The molecule has 0 saturated carbocycles. The van der Waals surface area contributed by atoms with Crippen molar-refractivity contribution in [2.75, 3.05) is 7.11 Å². The van der Waals surface area contributed by atoms with Gasteiger partial charge >= 0.3 is 0 Å². The molecule has 0 bridgehead atoms. The molecule has 2 aromatic carbocycles. The Morgan fingerprint density at radius 2 is 1.79 bits per heavy atom. The SMILES string of the molecule is COCc1ccc(-c2ccccc2C(N)=NN)cc1. The Balaban J connectivity index is 2.41. The maximum atomic E-state index is 5.82. The first-order valence-electron chi connectivity index (χ1n) is 5.97. The maximum Gasteiger partial charge on any atom is 0.150 e. The van der Waals surface area contributed by atoms with Crippen LogP contribution in [-0.4, -0.2) is 12.9 Å². The molecular weight excluding hydrogens is 238 g/mol. The fourth-order valence-corrected chi connectivity index (χ4v) is 1.97. The molecule has 4 N–H and O–H groups in total. The molecule has 0 saturated heterocycles. The number of amidine groups is 1. The van der Waals surface area contributed by atoms with E-state index in [1.807, 2.05) is 48.5 Å². The van der Waals surface area contributed by atoms with Crippen molar-refractivity contribution in [3.05, 3.63) is 59.7 Å². The van der Waals surface area contributed by atoms with E-state index in [4.69, 9.17) is 16.3 Å². The summed E-state index contributed by atoms with van der Waals surface area (Å²) in [5, 5.41) is 3.57. The topological polar surface area (TPSA) is 73.6 Å². The molecule has 0 radical (unpaired) electrons. The summed E-state index contributed by atoms with van der Waals surface area (Å²) in [6.07, 6.45) is 0. The summed E-state index contributed by atoms with van der Waals surface area (Å²) in [5.41, 5.74) is 9.86. The monoisotopic (exact) mass is 255 g/mol. The van der Waals surface area contributed by atoms with Crippen molar-refractivity contribution < 1.29 is 4.74 Å². The van der Waals surface area contributed by atoms with E-state index in [1.54, 1.807) is 7.11 Å². The second-order valence-corrected chi connectivity index (χ2v) is 4.19. The van der Waals surface area contributed by atoms with Gasteiger partial charge in [0.1, 0.15) is 0 Å². The van der Waals surface area contributed by atoms with E-state index in [0.717, 1.165) is 22.3 Å². The van der Waals surface area contributed by atoms with Crippen LogP contribution < -0.4 is 11.6 Å². The van der Waals surface area contributed by atoms with Gasteiger partial charge in [0.25, 0.3) is 0 Å². The van der Waals surface area contributed by atoms with Crippen molar-refractivity contribution in [1.82, 2.24) is 0 Å². The molecule has 0 aliphatic carbocycles. The summed E-state index contributed by atoms with van der Waals surface area (Å²) in [5.74, 6) is 5.59. The molecule has 19 heavy (non-hydrogen) atoms. The summed E-state index contributed by atoms with van der Waals surface area (Å²) in [6.45, 7) is 0.605. The number of nitrogens with two attached hydrogens (primary N) is 2. The zero-order valence-electron chi connectivity index (χ0n) is 10.8. The Labute approximate surface area is 112 Å². The van der Waals surface area contributed by atoms with Crippen LogP contribution >= 0.6 is 0 Å². The third kappa shape index (κ3) is 2.92. The number of methoxy groups -OCH3 is 1. The second kappa shape index (κ2) is 6.02. The molecule has 0 aliphatic rings. The number of hydrogen-bond donors (Lipinski definition) is 2. The van der Waals surface area contributed by atoms with Gasteiger partial charge < -0.3 is 16.3 Å². The average molecular weight is 255 g/mol. The smallest absolute Gasteiger partial charge is 0.150 e. The summed E-state index contributed by atoms with van der Waals surface area (Å²) < 4.78 is 5.10. The lowest BCUT2D eigenvalue weighted by atomic mass is 9.98. The van der Waals surface area contributed by atoms with E-state index in [2.05, 4.69) is 5.10 Å². The fourth-order valence-electron chi connectivity index (χ4n) is 1.97. The lowest BCUT2D eigenvalue weighted by Crippen LogP contribution is -2.16. The molecule has 98 valence electrons. The van der Waals surface area contributed by atoms with E-state index in [-0.39, 0.29) is 0 Å². The Morgan fingerprint density at radius 1 is 1.11 bits per heavy atom. The van der Waals surface area contributed by atoms with Crippen molar-refractivity contribution in [2.45, 2.75) is 6.61 Å². The minimum Gasteiger partial charge on any atom is -0.382 e. The number of hydrogen-bond acceptors (Lipinski definition) is 3. The van der Waals surface area contributed by atoms with Crippen LogP contribution in [0.3, 0.4) is 0 Å². The van der Waals surface area contributed by atoms with Crippen molar-refractivity contribution in [3.63, 3.8) is 0 Å². The van der Waals surface area contributed by atoms with E-state index in [0.29, 0.717) is 12.4 Å². The first-order valence-corrected chi connectivity index (χ1v) is 5.97. The van der Waals surface area contributed by atoms with Gasteiger partial charge in [-0.2, -0.15) is 5.10 Å². The average Bonchev–Trinajstić information content (AvgIpc) is 2.47. The molecule has 0 aromatic heterocycles. The van der Waals surface area contributed by atoms with E-state index < -0.39 is 0 Å². The normalized spacial score (nSPS) is 11.5. The molecule has 4 nitrogen and oxygen atoms in total. The molecule has 0 atom stereocenters. The number of nitrogens with zero attached hydrogens (tertiary/aromatic N) is 1. The minimum atomic E-state index is 0.330. The highest BCUT2D eigenvalue weighted by Crippen LogP contribution is 2.24. The molecule has 2 aromatic rings. The van der Waals surface area contributed by atoms with Crippen LogP contribution in [0.5, 0.6) is 0 Å². The number of benzene rings is 2. The lowest BCUT2D eigenvalue weighted by molar-refractivity contribution is 0.185. The highest BCUT2D eigenvalue weighted by atomic mass is 16.5. The highest BCUT2D eigenvalue weighted by Gasteiger charge is 2.07. The van der Waals surface area contributed by atoms with Crippen LogP contribution in [0.15, 0.2) is 53.6 Å². The summed E-state index contributed by atoms with van der Waals surface area (Å²) in [4.78, 5) is 0. The molecule has 0 heterocycles. The zero-order chi connectivity index (χ0) is 13.7. The molecule has 0 fully saturated rings. The lowest BCUT2D eigenvalue weighted by Gasteiger charge is -2.09. The van der Waals surface area contributed by atoms with Crippen molar-refractivity contribution in [1.29, 1.82) is 0 Å². The van der Waals surface area contributed by atoms with Gasteiger partial charge in [0.15, 0.2) is 5.84 Å². The number of hydrazone groups is 1. The van der Waals surface area contributed by atoms with Crippen LogP contribution in [0.1, 0.15) is 11.1 Å². The second-order valence-electron chi connectivity index (χ2n) is 4.19. The molecule has 0 spiro atoms. The van der Waals surface area contributed by atoms with Gasteiger partial charge in [0.2, 0.25) is 0 Å². The Hall–Kier alpha value is -2.33. The molecule has 2 rings (SSSR count). The first-order chi connectivity index (χ1) is 9.26. The Morgan fingerprint density at radius 3 is 2.42 bits per heavy atom. The molecule has 0 unspecified atom stereocenters. The van der Waals surface area contributed by atoms with E-state index >= 15 is 0 Å². The van der Waals surface area contributed by atoms with Gasteiger partial charge in [0, 0.05) is 12.7 Å². The van der Waals surface area contributed by atoms with Gasteiger partial charge in [-0.3, -0.25) is 0 Å². The van der Waals surface area contributed by atoms with Gasteiger partial charge in [-0.15, -0.1) is 0 Å². The Bertz CT molecular complexity index is 576. The third-order valence-electron chi connectivity index (χ3n) is 2.92. The standard InChI is InChI=1S/C15H17N3O/c1-19-10-11-6-8-12(9-7-11)13-4-2-3-5-14(13)15(16)18-17/h2-9H,10,17H2,1H3,(H2,16,18). The fraction of sp³-hybridized carbons (Fsp3) is 0.133. The third-order valence-corrected chi connectivity index (χ3v) is 2.92. The zero-order valence-corrected chi connectivity index (χ0v) is 10.8. The van der Waals surface area contributed by atoms with Crippen LogP contribution in [-0.2, 0) is 11.3 Å². The number of rotatable bonds is 4. The van der Waals surface area contributed by atoms with Gasteiger partial charge in [0.05, 0.1) is 6.61 Å². The molecule has 0 amide bonds. The largest absolute Gasteiger partial charge is 0.382 e. The van der Waals surface area contributed by atoms with Crippen LogP contribution in [0.2, 0.25) is 0 Å². The molecular formula is C15H17N3O. The minimum absolute atomic E-state index is 0.330. The predicted molar refractivity (Wildman–Crippen MR) is 77.5 cm³/mol. The highest BCUT2D eigenvalue weighted by molar-refractivity contribution is 6.03. The van der Waals surface area contributed by atoms with Gasteiger partial charge in [-0.25, -0.2) is 0 Å². The quantitative estimate of drug-likeness (QED) is 0.380. The molecule has 4 heteroatoms. The summed E-state index contributed by atoms with van der Waals surface area (Å²) in [7, 11) is 1.68. The van der Waals surface area contributed by atoms with E-state index in [1.165, 1.54) is 0 Å². The number of ether oxygens (including phenoxy) is 1. The Kier molecular flexibility index (Phi) is 4.15. The summed E-state index contributed by atoms with van der Waals surface area (Å²) in [6, 6.07) is 15.9. The van der Waals surface area contributed by atoms with Crippen LogP contribution in [0, 0.1) is 0 Å². The van der Waals surface area contributed by atoms with E-state index in [9.17, 15) is 0 Å². The van der Waals surface area contributed by atoms with Gasteiger partial charge in [-0.05, 0) is 16.7 Å². The van der Waals surface area contributed by atoms with Crippen molar-refractivity contribution >= 4 is 5.84 Å².